The molecule has 2 atom stereocenters. The van der Waals surface area contributed by atoms with Crippen LogP contribution in [-0.2, 0) is 28.6 Å². The highest BCUT2D eigenvalue weighted by Gasteiger charge is 2.19. The van der Waals surface area contributed by atoms with Crippen LogP contribution in [0.1, 0.15) is 291 Å². The fourth-order valence-electron chi connectivity index (χ4n) is 7.96. The van der Waals surface area contributed by atoms with Gasteiger partial charge in [0.05, 0.1) is 0 Å². The second kappa shape index (κ2) is 45.9. The minimum atomic E-state index is -0.762. The van der Waals surface area contributed by atoms with Crippen molar-refractivity contribution in [1.82, 2.24) is 0 Å². The molecular formula is C53H102O6. The maximum absolute atomic E-state index is 12.8. The van der Waals surface area contributed by atoms with Gasteiger partial charge in [-0.1, -0.05) is 253 Å². The molecule has 0 saturated carbocycles. The molecule has 0 N–H and O–H groups in total. The first-order valence-corrected chi connectivity index (χ1v) is 26.3. The highest BCUT2D eigenvalue weighted by Crippen LogP contribution is 2.18. The molecule has 0 aromatic heterocycles. The SMILES string of the molecule is CCCCCCCCCCCCCCCCCC(=O)OC[C@@H](COC(=O)CCCCCCCCCCCC(C)C)OC(=O)CCCCCCCCCCCCC(C)CC. The van der Waals surface area contributed by atoms with E-state index in [2.05, 4.69) is 34.6 Å². The van der Waals surface area contributed by atoms with E-state index in [0.29, 0.717) is 19.3 Å². The van der Waals surface area contributed by atoms with Crippen LogP contribution >= 0.6 is 0 Å². The number of rotatable bonds is 47. The summed E-state index contributed by atoms with van der Waals surface area (Å²) in [6, 6.07) is 0. The molecular weight excluding hydrogens is 733 g/mol. The van der Waals surface area contributed by atoms with E-state index in [-0.39, 0.29) is 31.1 Å². The summed E-state index contributed by atoms with van der Waals surface area (Å²) in [5.41, 5.74) is 0. The third kappa shape index (κ3) is 45.8. The Morgan fingerprint density at radius 1 is 0.356 bits per heavy atom. The highest BCUT2D eigenvalue weighted by molar-refractivity contribution is 5.71. The molecule has 0 aliphatic heterocycles. The molecule has 1 unspecified atom stereocenters. The highest BCUT2D eigenvalue weighted by atomic mass is 16.6. The van der Waals surface area contributed by atoms with E-state index in [4.69, 9.17) is 14.2 Å². The van der Waals surface area contributed by atoms with Crippen LogP contribution in [0.15, 0.2) is 0 Å². The fraction of sp³-hybridized carbons (Fsp3) is 0.943. The standard InChI is InChI=1S/C53H102O6/c1-6-8-9-10-11-12-13-14-15-16-17-23-28-33-38-43-51(54)57-46-50(47-58-52(55)44-39-34-29-25-20-21-26-31-36-41-48(3)4)59-53(56)45-40-35-30-24-19-18-22-27-32-37-42-49(5)7-2/h48-50H,6-47H2,1-5H3/t49?,50-/m0/s1. The van der Waals surface area contributed by atoms with Crippen molar-refractivity contribution >= 4 is 17.9 Å². The van der Waals surface area contributed by atoms with E-state index in [0.717, 1.165) is 69.6 Å². The molecule has 0 fully saturated rings. The van der Waals surface area contributed by atoms with Crippen molar-refractivity contribution in [2.75, 3.05) is 13.2 Å². The fourth-order valence-corrected chi connectivity index (χ4v) is 7.96. The van der Waals surface area contributed by atoms with Gasteiger partial charge in [0, 0.05) is 19.3 Å². The molecule has 0 saturated heterocycles. The van der Waals surface area contributed by atoms with Gasteiger partial charge in [-0.25, -0.2) is 0 Å². The van der Waals surface area contributed by atoms with Crippen molar-refractivity contribution in [2.24, 2.45) is 11.8 Å². The Kier molecular flexibility index (Phi) is 44.7. The first kappa shape index (κ1) is 57.4. The van der Waals surface area contributed by atoms with Crippen LogP contribution < -0.4 is 0 Å². The van der Waals surface area contributed by atoms with E-state index in [1.54, 1.807) is 0 Å². The second-order valence-electron chi connectivity index (χ2n) is 18.9. The Morgan fingerprint density at radius 2 is 0.644 bits per heavy atom. The lowest BCUT2D eigenvalue weighted by Crippen LogP contribution is -2.30. The van der Waals surface area contributed by atoms with Crippen molar-refractivity contribution < 1.29 is 28.6 Å². The van der Waals surface area contributed by atoms with Gasteiger partial charge < -0.3 is 14.2 Å². The molecule has 59 heavy (non-hydrogen) atoms. The number of esters is 3. The number of hydrogen-bond donors (Lipinski definition) is 0. The Morgan fingerprint density at radius 3 is 0.966 bits per heavy atom. The van der Waals surface area contributed by atoms with Gasteiger partial charge in [0.15, 0.2) is 6.10 Å². The summed E-state index contributed by atoms with van der Waals surface area (Å²) in [7, 11) is 0. The number of ether oxygens (including phenoxy) is 3. The molecule has 0 aromatic carbocycles. The molecule has 0 bridgehead atoms. The van der Waals surface area contributed by atoms with Crippen molar-refractivity contribution in [3.8, 4) is 0 Å². The van der Waals surface area contributed by atoms with Gasteiger partial charge in [0.25, 0.3) is 0 Å². The number of unbranched alkanes of at least 4 members (excludes halogenated alkanes) is 31. The Balaban J connectivity index is 4.32. The molecule has 6 nitrogen and oxygen atoms in total. The van der Waals surface area contributed by atoms with E-state index in [1.165, 1.54) is 180 Å². The quantitative estimate of drug-likeness (QED) is 0.0345. The van der Waals surface area contributed by atoms with Crippen LogP contribution in [0.25, 0.3) is 0 Å². The lowest BCUT2D eigenvalue weighted by Gasteiger charge is -2.18. The van der Waals surface area contributed by atoms with Gasteiger partial charge in [0.2, 0.25) is 0 Å². The zero-order chi connectivity index (χ0) is 43.3. The van der Waals surface area contributed by atoms with Crippen molar-refractivity contribution in [3.63, 3.8) is 0 Å². The van der Waals surface area contributed by atoms with E-state index in [9.17, 15) is 14.4 Å². The summed E-state index contributed by atoms with van der Waals surface area (Å²) in [5, 5.41) is 0. The van der Waals surface area contributed by atoms with Crippen molar-refractivity contribution in [2.45, 2.75) is 298 Å². The Labute approximate surface area is 368 Å². The maximum Gasteiger partial charge on any atom is 0.306 e. The summed E-state index contributed by atoms with van der Waals surface area (Å²) in [5.74, 6) is 0.828. The molecule has 0 radical (unpaired) electrons. The minimum absolute atomic E-state index is 0.0638. The predicted molar refractivity (Wildman–Crippen MR) is 252 cm³/mol. The largest absolute Gasteiger partial charge is 0.462 e. The molecule has 6 heteroatoms. The van der Waals surface area contributed by atoms with E-state index < -0.39 is 6.10 Å². The van der Waals surface area contributed by atoms with Crippen LogP contribution in [-0.4, -0.2) is 37.2 Å². The zero-order valence-electron chi connectivity index (χ0n) is 40.4. The summed E-state index contributed by atoms with van der Waals surface area (Å²) in [6.07, 6.45) is 46.5. The third-order valence-electron chi connectivity index (χ3n) is 12.3. The smallest absolute Gasteiger partial charge is 0.306 e. The maximum atomic E-state index is 12.8. The Bertz CT molecular complexity index is 902. The molecule has 0 aromatic rings. The van der Waals surface area contributed by atoms with Crippen LogP contribution in [0.2, 0.25) is 0 Å². The van der Waals surface area contributed by atoms with Gasteiger partial charge >= 0.3 is 17.9 Å². The first-order valence-electron chi connectivity index (χ1n) is 26.3. The van der Waals surface area contributed by atoms with Gasteiger partial charge in [0.1, 0.15) is 13.2 Å². The number of carbonyl (C=O) groups excluding carboxylic acids is 3. The summed E-state index contributed by atoms with van der Waals surface area (Å²) >= 11 is 0. The second-order valence-corrected chi connectivity index (χ2v) is 18.9. The Hall–Kier alpha value is -1.59. The molecule has 0 amide bonds. The topological polar surface area (TPSA) is 78.9 Å². The normalized spacial score (nSPS) is 12.5. The van der Waals surface area contributed by atoms with E-state index >= 15 is 0 Å². The van der Waals surface area contributed by atoms with Gasteiger partial charge in [-0.05, 0) is 31.1 Å². The average Bonchev–Trinajstić information content (AvgIpc) is 3.22. The minimum Gasteiger partial charge on any atom is -0.462 e. The lowest BCUT2D eigenvalue weighted by molar-refractivity contribution is -0.167. The van der Waals surface area contributed by atoms with Gasteiger partial charge in [-0.15, -0.1) is 0 Å². The van der Waals surface area contributed by atoms with Gasteiger partial charge in [-0.3, -0.25) is 14.4 Å². The molecule has 0 rings (SSSR count). The van der Waals surface area contributed by atoms with Crippen LogP contribution in [0.3, 0.4) is 0 Å². The monoisotopic (exact) mass is 835 g/mol. The number of hydrogen-bond acceptors (Lipinski definition) is 6. The van der Waals surface area contributed by atoms with Crippen LogP contribution in [0, 0.1) is 11.8 Å². The third-order valence-corrected chi connectivity index (χ3v) is 12.3. The molecule has 0 aliphatic carbocycles. The summed E-state index contributed by atoms with van der Waals surface area (Å²) < 4.78 is 16.8. The molecule has 0 aliphatic rings. The predicted octanol–water partition coefficient (Wildman–Crippen LogP) is 16.9. The van der Waals surface area contributed by atoms with Crippen molar-refractivity contribution in [3.05, 3.63) is 0 Å². The van der Waals surface area contributed by atoms with E-state index in [1.807, 2.05) is 0 Å². The zero-order valence-corrected chi connectivity index (χ0v) is 40.4. The van der Waals surface area contributed by atoms with Crippen LogP contribution in [0.5, 0.6) is 0 Å². The average molecular weight is 835 g/mol. The first-order chi connectivity index (χ1) is 28.8. The van der Waals surface area contributed by atoms with Crippen LogP contribution in [0.4, 0.5) is 0 Å². The molecule has 0 heterocycles. The van der Waals surface area contributed by atoms with Gasteiger partial charge in [-0.2, -0.15) is 0 Å². The lowest BCUT2D eigenvalue weighted by atomic mass is 9.99. The summed E-state index contributed by atoms with van der Waals surface area (Å²) in [4.78, 5) is 38.0. The molecule has 350 valence electrons. The number of carbonyl (C=O) groups is 3. The molecule has 0 spiro atoms. The summed E-state index contributed by atoms with van der Waals surface area (Å²) in [6.45, 7) is 11.4. The van der Waals surface area contributed by atoms with Crippen molar-refractivity contribution in [1.29, 1.82) is 0 Å².